The molecule has 8 nitrogen and oxygen atoms in total. The van der Waals surface area contributed by atoms with Gasteiger partial charge in [-0.05, 0) is 80.8 Å². The summed E-state index contributed by atoms with van der Waals surface area (Å²) >= 11 is 0. The van der Waals surface area contributed by atoms with Crippen LogP contribution in [0.3, 0.4) is 0 Å². The van der Waals surface area contributed by atoms with Crippen LogP contribution in [0.1, 0.15) is 73.6 Å². The van der Waals surface area contributed by atoms with Crippen molar-refractivity contribution in [2.45, 2.75) is 77.3 Å². The zero-order valence-electron chi connectivity index (χ0n) is 24.9. The highest BCUT2D eigenvalue weighted by molar-refractivity contribution is 5.99. The number of H-pyrrole nitrogens is 1. The third-order valence-corrected chi connectivity index (χ3v) is 8.64. The second-order valence-electron chi connectivity index (χ2n) is 12.9. The SMILES string of the molecule is Cc1ccc(-n2nc(C(C)(C)C)cc2NC(=O)Nc2ccc(CC3CC4CCC(C3)N4C(=O)c3cc[nH]c3)cc2)cc1. The summed E-state index contributed by atoms with van der Waals surface area (Å²) in [5.41, 5.74) is 5.54. The number of urea groups is 1. The molecule has 2 saturated heterocycles. The molecular formula is C34H40N6O2. The molecule has 2 aromatic carbocycles. The van der Waals surface area contributed by atoms with Gasteiger partial charge in [-0.15, -0.1) is 0 Å². The minimum atomic E-state index is -0.312. The van der Waals surface area contributed by atoms with E-state index in [4.69, 9.17) is 5.10 Å². The van der Waals surface area contributed by atoms with Crippen molar-refractivity contribution in [3.63, 3.8) is 0 Å². The molecule has 0 spiro atoms. The van der Waals surface area contributed by atoms with E-state index in [1.54, 1.807) is 10.9 Å². The van der Waals surface area contributed by atoms with Crippen molar-refractivity contribution in [2.75, 3.05) is 10.6 Å². The number of aromatic nitrogens is 3. The molecule has 6 rings (SSSR count). The highest BCUT2D eigenvalue weighted by atomic mass is 16.2. The molecule has 0 radical (unpaired) electrons. The van der Waals surface area contributed by atoms with E-state index in [2.05, 4.69) is 53.4 Å². The molecule has 218 valence electrons. The molecule has 2 fully saturated rings. The Balaban J connectivity index is 1.07. The van der Waals surface area contributed by atoms with Gasteiger partial charge < -0.3 is 15.2 Å². The summed E-state index contributed by atoms with van der Waals surface area (Å²) in [5, 5.41) is 10.8. The first kappa shape index (κ1) is 27.8. The number of nitrogens with zero attached hydrogens (tertiary/aromatic N) is 3. The molecule has 3 amide bonds. The third kappa shape index (κ3) is 5.84. The molecule has 4 heterocycles. The van der Waals surface area contributed by atoms with Crippen molar-refractivity contribution < 1.29 is 9.59 Å². The number of piperidine rings is 1. The number of benzene rings is 2. The van der Waals surface area contributed by atoms with Gasteiger partial charge >= 0.3 is 6.03 Å². The minimum absolute atomic E-state index is 0.160. The fourth-order valence-electron chi connectivity index (χ4n) is 6.45. The Bertz CT molecular complexity index is 1530. The van der Waals surface area contributed by atoms with Crippen LogP contribution in [0, 0.1) is 12.8 Å². The molecular weight excluding hydrogens is 524 g/mol. The smallest absolute Gasteiger partial charge is 0.324 e. The van der Waals surface area contributed by atoms with E-state index in [-0.39, 0.29) is 17.4 Å². The van der Waals surface area contributed by atoms with Crippen LogP contribution in [0.5, 0.6) is 0 Å². The summed E-state index contributed by atoms with van der Waals surface area (Å²) in [6, 6.07) is 20.4. The van der Waals surface area contributed by atoms with Crippen LogP contribution in [0.2, 0.25) is 0 Å². The lowest BCUT2D eigenvalue weighted by molar-refractivity contribution is 0.0524. The molecule has 3 N–H and O–H groups in total. The Hall–Kier alpha value is -4.33. The maximum Gasteiger partial charge on any atom is 0.324 e. The van der Waals surface area contributed by atoms with Gasteiger partial charge in [0, 0.05) is 41.6 Å². The predicted octanol–water partition coefficient (Wildman–Crippen LogP) is 7.08. The van der Waals surface area contributed by atoms with Gasteiger partial charge in [0.1, 0.15) is 5.82 Å². The van der Waals surface area contributed by atoms with E-state index in [0.29, 0.717) is 23.8 Å². The number of anilines is 2. The molecule has 2 aliphatic heterocycles. The fraction of sp³-hybridized carbons (Fsp3) is 0.382. The molecule has 2 atom stereocenters. The molecule has 0 saturated carbocycles. The van der Waals surface area contributed by atoms with E-state index in [1.807, 2.05) is 61.7 Å². The number of aryl methyl sites for hydroxylation is 1. The van der Waals surface area contributed by atoms with Crippen LogP contribution in [-0.4, -0.2) is 43.7 Å². The molecule has 2 aliphatic rings. The van der Waals surface area contributed by atoms with E-state index < -0.39 is 0 Å². The lowest BCUT2D eigenvalue weighted by atomic mass is 9.85. The van der Waals surface area contributed by atoms with E-state index in [9.17, 15) is 9.59 Å². The largest absolute Gasteiger partial charge is 0.367 e. The van der Waals surface area contributed by atoms with Gasteiger partial charge in [0.05, 0.1) is 16.9 Å². The highest BCUT2D eigenvalue weighted by Crippen LogP contribution is 2.40. The standard InChI is InChI=1S/C34H40N6O2/c1-22-5-11-27(12-6-22)40-31(20-30(38-40)34(2,3)4)37-33(42)36-26-9-7-23(8-10-26)17-24-18-28-13-14-29(19-24)39(28)32(41)25-15-16-35-21-25/h5-12,15-16,20-21,24,28-29,35H,13-14,17-19H2,1-4H3,(H2,36,37,42). The Labute approximate surface area is 247 Å². The minimum Gasteiger partial charge on any atom is -0.367 e. The normalized spacial score (nSPS) is 20.0. The molecule has 42 heavy (non-hydrogen) atoms. The number of hydrogen-bond acceptors (Lipinski definition) is 3. The average molecular weight is 565 g/mol. The monoisotopic (exact) mass is 564 g/mol. The van der Waals surface area contributed by atoms with Gasteiger partial charge in [0.25, 0.3) is 5.91 Å². The van der Waals surface area contributed by atoms with Crippen LogP contribution < -0.4 is 10.6 Å². The van der Waals surface area contributed by atoms with Crippen molar-refractivity contribution in [3.05, 3.63) is 95.4 Å². The second kappa shape index (κ2) is 11.2. The first-order valence-electron chi connectivity index (χ1n) is 14.9. The molecule has 2 unspecified atom stereocenters. The molecule has 4 aromatic rings. The first-order valence-corrected chi connectivity index (χ1v) is 14.9. The number of hydrogen-bond donors (Lipinski definition) is 3. The van der Waals surface area contributed by atoms with Crippen LogP contribution in [0.4, 0.5) is 16.3 Å². The number of aromatic amines is 1. The van der Waals surface area contributed by atoms with Gasteiger partial charge in [-0.2, -0.15) is 5.10 Å². The summed E-state index contributed by atoms with van der Waals surface area (Å²) in [6.45, 7) is 8.37. The van der Waals surface area contributed by atoms with E-state index in [1.165, 1.54) is 5.56 Å². The summed E-state index contributed by atoms with van der Waals surface area (Å²) in [5.74, 6) is 1.33. The number of fused-ring (bicyclic) bond motifs is 2. The van der Waals surface area contributed by atoms with Crippen molar-refractivity contribution in [2.24, 2.45) is 5.92 Å². The van der Waals surface area contributed by atoms with Gasteiger partial charge in [-0.1, -0.05) is 50.6 Å². The van der Waals surface area contributed by atoms with Gasteiger partial charge in [0.15, 0.2) is 0 Å². The number of carbonyl (C=O) groups is 2. The molecule has 2 aromatic heterocycles. The Morgan fingerprint density at radius 1 is 0.952 bits per heavy atom. The van der Waals surface area contributed by atoms with Crippen molar-refractivity contribution in [1.82, 2.24) is 19.7 Å². The summed E-state index contributed by atoms with van der Waals surface area (Å²) in [6.07, 6.45) is 8.86. The zero-order valence-corrected chi connectivity index (χ0v) is 24.9. The van der Waals surface area contributed by atoms with Crippen molar-refractivity contribution in [1.29, 1.82) is 0 Å². The Kier molecular flexibility index (Phi) is 7.39. The van der Waals surface area contributed by atoms with Crippen LogP contribution >= 0.6 is 0 Å². The summed E-state index contributed by atoms with van der Waals surface area (Å²) in [4.78, 5) is 31.2. The predicted molar refractivity (Wildman–Crippen MR) is 166 cm³/mol. The quantitative estimate of drug-likeness (QED) is 0.234. The number of rotatable bonds is 6. The lowest BCUT2D eigenvalue weighted by Crippen LogP contribution is -2.46. The lowest BCUT2D eigenvalue weighted by Gasteiger charge is -2.39. The average Bonchev–Trinajstić information content (AvgIpc) is 3.69. The van der Waals surface area contributed by atoms with Crippen LogP contribution in [0.25, 0.3) is 5.69 Å². The first-order chi connectivity index (χ1) is 20.1. The topological polar surface area (TPSA) is 95.1 Å². The van der Waals surface area contributed by atoms with Crippen molar-refractivity contribution in [3.8, 4) is 5.69 Å². The zero-order chi connectivity index (χ0) is 29.4. The summed E-state index contributed by atoms with van der Waals surface area (Å²) in [7, 11) is 0. The van der Waals surface area contributed by atoms with Gasteiger partial charge in [0.2, 0.25) is 0 Å². The fourth-order valence-corrected chi connectivity index (χ4v) is 6.45. The number of nitrogens with one attached hydrogen (secondary N) is 3. The van der Waals surface area contributed by atoms with Gasteiger partial charge in [-0.3, -0.25) is 10.1 Å². The van der Waals surface area contributed by atoms with E-state index in [0.717, 1.165) is 60.3 Å². The van der Waals surface area contributed by atoms with Crippen molar-refractivity contribution >= 4 is 23.4 Å². The second-order valence-corrected chi connectivity index (χ2v) is 12.9. The molecule has 8 heteroatoms. The van der Waals surface area contributed by atoms with Crippen LogP contribution in [-0.2, 0) is 11.8 Å². The Morgan fingerprint density at radius 2 is 1.64 bits per heavy atom. The maximum atomic E-state index is 13.0. The molecule has 0 aliphatic carbocycles. The summed E-state index contributed by atoms with van der Waals surface area (Å²) < 4.78 is 1.78. The number of amides is 3. The Morgan fingerprint density at radius 3 is 2.26 bits per heavy atom. The van der Waals surface area contributed by atoms with Gasteiger partial charge in [-0.25, -0.2) is 9.48 Å². The van der Waals surface area contributed by atoms with Crippen LogP contribution in [0.15, 0.2) is 73.1 Å². The maximum absolute atomic E-state index is 13.0. The number of carbonyl (C=O) groups excluding carboxylic acids is 2. The van der Waals surface area contributed by atoms with E-state index >= 15 is 0 Å². The molecule has 2 bridgehead atoms. The third-order valence-electron chi connectivity index (χ3n) is 8.64. The highest BCUT2D eigenvalue weighted by Gasteiger charge is 2.43.